The van der Waals surface area contributed by atoms with Crippen molar-refractivity contribution in [3.8, 4) is 11.3 Å². The molecule has 6 heteroatoms. The highest BCUT2D eigenvalue weighted by Gasteiger charge is 2.07. The highest BCUT2D eigenvalue weighted by molar-refractivity contribution is 8.00. The van der Waals surface area contributed by atoms with Crippen LogP contribution in [0.1, 0.15) is 5.76 Å². The molecule has 0 amide bonds. The maximum atomic E-state index is 5.59. The van der Waals surface area contributed by atoms with Crippen LogP contribution in [0.25, 0.3) is 11.3 Å². The Morgan fingerprint density at radius 3 is 2.84 bits per heavy atom. The molecule has 2 N–H and O–H groups in total. The number of nitrogen functional groups attached to an aromatic ring is 1. The molecular formula is C13H11N3OS2. The van der Waals surface area contributed by atoms with E-state index in [-0.39, 0.29) is 0 Å². The monoisotopic (exact) mass is 289 g/mol. The molecule has 0 saturated heterocycles. The van der Waals surface area contributed by atoms with Gasteiger partial charge < -0.3 is 10.3 Å². The van der Waals surface area contributed by atoms with Crippen molar-refractivity contribution < 1.29 is 4.52 Å². The second-order valence-electron chi connectivity index (χ2n) is 3.85. The SMILES string of the molecule is Nc1ncc(SCc2cc(-c3ccccc3)no2)s1. The van der Waals surface area contributed by atoms with Crippen LogP contribution in [0.5, 0.6) is 0 Å². The molecule has 3 rings (SSSR count). The maximum absolute atomic E-state index is 5.59. The lowest BCUT2D eigenvalue weighted by Gasteiger charge is -1.92. The maximum Gasteiger partial charge on any atom is 0.181 e. The summed E-state index contributed by atoms with van der Waals surface area (Å²) in [6.07, 6.45) is 1.78. The van der Waals surface area contributed by atoms with Crippen LogP contribution >= 0.6 is 23.1 Å². The van der Waals surface area contributed by atoms with E-state index in [9.17, 15) is 0 Å². The number of rotatable bonds is 4. The zero-order chi connectivity index (χ0) is 13.1. The van der Waals surface area contributed by atoms with E-state index in [4.69, 9.17) is 10.3 Å². The Balaban J connectivity index is 1.68. The lowest BCUT2D eigenvalue weighted by Crippen LogP contribution is -1.77. The molecule has 0 fully saturated rings. The second kappa shape index (κ2) is 5.46. The van der Waals surface area contributed by atoms with Gasteiger partial charge in [0, 0.05) is 11.6 Å². The molecule has 0 radical (unpaired) electrons. The first-order chi connectivity index (χ1) is 9.31. The summed E-state index contributed by atoms with van der Waals surface area (Å²) in [4.78, 5) is 4.01. The average molecular weight is 289 g/mol. The Hall–Kier alpha value is -1.79. The number of nitrogens with zero attached hydrogens (tertiary/aromatic N) is 2. The number of hydrogen-bond donors (Lipinski definition) is 1. The fraction of sp³-hybridized carbons (Fsp3) is 0.0769. The summed E-state index contributed by atoms with van der Waals surface area (Å²) in [5, 5.41) is 4.67. The summed E-state index contributed by atoms with van der Waals surface area (Å²) in [6.45, 7) is 0. The van der Waals surface area contributed by atoms with Gasteiger partial charge in [0.15, 0.2) is 5.13 Å². The Morgan fingerprint density at radius 2 is 2.11 bits per heavy atom. The molecule has 0 spiro atoms. The van der Waals surface area contributed by atoms with E-state index < -0.39 is 0 Å². The molecule has 4 nitrogen and oxygen atoms in total. The summed E-state index contributed by atoms with van der Waals surface area (Å²) in [5.74, 6) is 1.57. The molecule has 0 aliphatic carbocycles. The molecule has 0 saturated carbocycles. The zero-order valence-electron chi connectivity index (χ0n) is 9.95. The highest BCUT2D eigenvalue weighted by atomic mass is 32.2. The smallest absolute Gasteiger partial charge is 0.181 e. The molecule has 0 unspecified atom stereocenters. The molecule has 19 heavy (non-hydrogen) atoms. The van der Waals surface area contributed by atoms with E-state index in [1.54, 1.807) is 18.0 Å². The van der Waals surface area contributed by atoms with Crippen molar-refractivity contribution in [1.82, 2.24) is 10.1 Å². The molecule has 0 aliphatic heterocycles. The van der Waals surface area contributed by atoms with Crippen molar-refractivity contribution in [2.75, 3.05) is 5.73 Å². The molecule has 2 heterocycles. The second-order valence-corrected chi connectivity index (χ2v) is 6.19. The van der Waals surface area contributed by atoms with E-state index in [0.717, 1.165) is 27.0 Å². The number of hydrogen-bond acceptors (Lipinski definition) is 6. The third-order valence-electron chi connectivity index (χ3n) is 2.49. The number of thiazole rings is 1. The van der Waals surface area contributed by atoms with Gasteiger partial charge in [-0.25, -0.2) is 4.98 Å². The number of thioether (sulfide) groups is 1. The average Bonchev–Trinajstić information content (AvgIpc) is 3.06. The van der Waals surface area contributed by atoms with Gasteiger partial charge in [0.1, 0.15) is 11.5 Å². The fourth-order valence-electron chi connectivity index (χ4n) is 1.61. The molecule has 2 aromatic heterocycles. The quantitative estimate of drug-likeness (QED) is 0.742. The number of aromatic nitrogens is 2. The van der Waals surface area contributed by atoms with Crippen molar-refractivity contribution >= 4 is 28.2 Å². The van der Waals surface area contributed by atoms with Gasteiger partial charge in [-0.05, 0) is 0 Å². The van der Waals surface area contributed by atoms with Gasteiger partial charge in [-0.15, -0.1) is 11.8 Å². The molecule has 3 aromatic rings. The van der Waals surface area contributed by atoms with Crippen LogP contribution < -0.4 is 5.73 Å². The largest absolute Gasteiger partial charge is 0.375 e. The molecule has 0 bridgehead atoms. The Kier molecular flexibility index (Phi) is 3.52. The topological polar surface area (TPSA) is 64.9 Å². The number of anilines is 1. The summed E-state index contributed by atoms with van der Waals surface area (Å²) < 4.78 is 6.41. The van der Waals surface area contributed by atoms with E-state index in [2.05, 4.69) is 10.1 Å². The molecule has 0 atom stereocenters. The van der Waals surface area contributed by atoms with E-state index in [0.29, 0.717) is 5.13 Å². The normalized spacial score (nSPS) is 10.7. The van der Waals surface area contributed by atoms with Crippen molar-refractivity contribution in [3.63, 3.8) is 0 Å². The van der Waals surface area contributed by atoms with Gasteiger partial charge in [-0.1, -0.05) is 46.8 Å². The van der Waals surface area contributed by atoms with Gasteiger partial charge in [0.25, 0.3) is 0 Å². The predicted octanol–water partition coefficient (Wildman–Crippen LogP) is 3.67. The summed E-state index contributed by atoms with van der Waals surface area (Å²) >= 11 is 3.12. The first-order valence-electron chi connectivity index (χ1n) is 5.66. The van der Waals surface area contributed by atoms with Crippen molar-refractivity contribution in [2.45, 2.75) is 9.96 Å². The third-order valence-corrected chi connectivity index (χ3v) is 4.53. The standard InChI is InChI=1S/C13H11N3OS2/c14-13-15-7-12(19-13)18-8-10-6-11(16-17-10)9-4-2-1-3-5-9/h1-7H,8H2,(H2,14,15). The van der Waals surface area contributed by atoms with Crippen molar-refractivity contribution in [2.24, 2.45) is 0 Å². The highest BCUT2D eigenvalue weighted by Crippen LogP contribution is 2.30. The molecule has 96 valence electrons. The first kappa shape index (κ1) is 12.3. The summed E-state index contributed by atoms with van der Waals surface area (Å²) in [5.41, 5.74) is 7.51. The molecule has 0 aliphatic rings. The van der Waals surface area contributed by atoms with Crippen LogP contribution in [0.15, 0.2) is 51.3 Å². The van der Waals surface area contributed by atoms with Gasteiger partial charge in [-0.3, -0.25) is 0 Å². The zero-order valence-corrected chi connectivity index (χ0v) is 11.6. The molecular weight excluding hydrogens is 278 g/mol. The minimum atomic E-state index is 0.588. The van der Waals surface area contributed by atoms with Crippen LogP contribution in [0.2, 0.25) is 0 Å². The minimum absolute atomic E-state index is 0.588. The third kappa shape index (κ3) is 2.97. The first-order valence-corrected chi connectivity index (χ1v) is 7.46. The minimum Gasteiger partial charge on any atom is -0.375 e. The number of benzene rings is 1. The van der Waals surface area contributed by atoms with Crippen LogP contribution in [-0.4, -0.2) is 10.1 Å². The number of nitrogens with two attached hydrogens (primary N) is 1. The fourth-order valence-corrected chi connectivity index (χ4v) is 3.24. The Morgan fingerprint density at radius 1 is 1.26 bits per heavy atom. The Bertz CT molecular complexity index is 663. The van der Waals surface area contributed by atoms with Crippen molar-refractivity contribution in [3.05, 3.63) is 48.4 Å². The van der Waals surface area contributed by atoms with Gasteiger partial charge in [0.2, 0.25) is 0 Å². The Labute approximate surface area is 118 Å². The lowest BCUT2D eigenvalue weighted by atomic mass is 10.1. The van der Waals surface area contributed by atoms with E-state index >= 15 is 0 Å². The van der Waals surface area contributed by atoms with Gasteiger partial charge in [-0.2, -0.15) is 0 Å². The van der Waals surface area contributed by atoms with Crippen LogP contribution in [0, 0.1) is 0 Å². The summed E-state index contributed by atoms with van der Waals surface area (Å²) in [7, 11) is 0. The van der Waals surface area contributed by atoms with Crippen LogP contribution in [-0.2, 0) is 5.75 Å². The molecule has 1 aromatic carbocycles. The van der Waals surface area contributed by atoms with Crippen molar-refractivity contribution in [1.29, 1.82) is 0 Å². The van der Waals surface area contributed by atoms with Crippen LogP contribution in [0.4, 0.5) is 5.13 Å². The van der Waals surface area contributed by atoms with E-state index in [1.165, 1.54) is 11.3 Å². The van der Waals surface area contributed by atoms with Crippen LogP contribution in [0.3, 0.4) is 0 Å². The predicted molar refractivity (Wildman–Crippen MR) is 78.0 cm³/mol. The van der Waals surface area contributed by atoms with Gasteiger partial charge in [0.05, 0.1) is 16.2 Å². The van der Waals surface area contributed by atoms with Gasteiger partial charge >= 0.3 is 0 Å². The van der Waals surface area contributed by atoms with E-state index in [1.807, 2.05) is 36.4 Å². The summed E-state index contributed by atoms with van der Waals surface area (Å²) in [6, 6.07) is 11.9. The lowest BCUT2D eigenvalue weighted by molar-refractivity contribution is 0.397.